The van der Waals surface area contributed by atoms with Gasteiger partial charge in [-0.25, -0.2) is 4.79 Å². The quantitative estimate of drug-likeness (QED) is 0.665. The molecule has 1 aromatic rings. The van der Waals surface area contributed by atoms with E-state index in [1.165, 1.54) is 4.90 Å². The number of urea groups is 1. The Morgan fingerprint density at radius 1 is 1.32 bits per heavy atom. The number of carbonyl (C=O) groups is 2. The van der Waals surface area contributed by atoms with E-state index < -0.39 is 5.54 Å². The molecule has 0 spiro atoms. The van der Waals surface area contributed by atoms with Crippen LogP contribution in [-0.4, -0.2) is 23.4 Å². The van der Waals surface area contributed by atoms with Gasteiger partial charge in [-0.05, 0) is 11.5 Å². The van der Waals surface area contributed by atoms with Gasteiger partial charge in [0.1, 0.15) is 5.54 Å². The van der Waals surface area contributed by atoms with Gasteiger partial charge < -0.3 is 5.32 Å². The normalized spacial score (nSPS) is 22.8. The van der Waals surface area contributed by atoms with Crippen molar-refractivity contribution in [3.8, 4) is 0 Å². The molecule has 4 heteroatoms. The zero-order valence-corrected chi connectivity index (χ0v) is 11.2. The number of hydrogen-bond acceptors (Lipinski definition) is 2. The maximum Gasteiger partial charge on any atom is 0.325 e. The minimum Gasteiger partial charge on any atom is -0.319 e. The van der Waals surface area contributed by atoms with Crippen LogP contribution in [0.1, 0.15) is 19.4 Å². The second-order valence-corrected chi connectivity index (χ2v) is 4.96. The molecule has 1 N–H and O–H groups in total. The summed E-state index contributed by atoms with van der Waals surface area (Å²) in [5.41, 5.74) is -0.156. The first-order valence-corrected chi connectivity index (χ1v) is 6.34. The molecule has 100 valence electrons. The number of amides is 3. The molecule has 2 rings (SSSR count). The van der Waals surface area contributed by atoms with E-state index in [1.54, 1.807) is 6.08 Å². The molecule has 0 aliphatic carbocycles. The monoisotopic (exact) mass is 258 g/mol. The minimum absolute atomic E-state index is 0.0406. The molecule has 1 aromatic carbocycles. The Morgan fingerprint density at radius 2 is 1.95 bits per heavy atom. The highest BCUT2D eigenvalue weighted by atomic mass is 16.2. The van der Waals surface area contributed by atoms with Crippen molar-refractivity contribution in [1.82, 2.24) is 10.2 Å². The van der Waals surface area contributed by atoms with Gasteiger partial charge in [0.05, 0.1) is 0 Å². The van der Waals surface area contributed by atoms with Crippen LogP contribution in [0.4, 0.5) is 4.79 Å². The summed E-state index contributed by atoms with van der Waals surface area (Å²) < 4.78 is 0. The number of imide groups is 1. The molecule has 19 heavy (non-hydrogen) atoms. The highest BCUT2D eigenvalue weighted by Gasteiger charge is 2.53. The van der Waals surface area contributed by atoms with Crippen molar-refractivity contribution in [1.29, 1.82) is 0 Å². The van der Waals surface area contributed by atoms with E-state index in [1.807, 2.05) is 44.2 Å². The fraction of sp³-hybridized carbons (Fsp3) is 0.333. The molecule has 1 fully saturated rings. The summed E-state index contributed by atoms with van der Waals surface area (Å²) >= 11 is 0. The third-order valence-electron chi connectivity index (χ3n) is 3.54. The van der Waals surface area contributed by atoms with Crippen LogP contribution in [0.25, 0.3) is 0 Å². The molecule has 4 nitrogen and oxygen atoms in total. The fourth-order valence-electron chi connectivity index (χ4n) is 2.51. The van der Waals surface area contributed by atoms with Crippen LogP contribution < -0.4 is 5.32 Å². The first-order chi connectivity index (χ1) is 9.04. The largest absolute Gasteiger partial charge is 0.325 e. The van der Waals surface area contributed by atoms with E-state index in [9.17, 15) is 9.59 Å². The average molecular weight is 258 g/mol. The lowest BCUT2D eigenvalue weighted by molar-refractivity contribution is -0.132. The van der Waals surface area contributed by atoms with Gasteiger partial charge in [-0.1, -0.05) is 50.3 Å². The third kappa shape index (κ3) is 1.93. The van der Waals surface area contributed by atoms with E-state index in [-0.39, 0.29) is 24.4 Å². The molecule has 3 amide bonds. The van der Waals surface area contributed by atoms with Crippen molar-refractivity contribution in [2.24, 2.45) is 5.92 Å². The number of nitrogens with one attached hydrogen (secondary N) is 1. The lowest BCUT2D eigenvalue weighted by Crippen LogP contribution is -2.48. The zero-order chi connectivity index (χ0) is 14.0. The fourth-order valence-corrected chi connectivity index (χ4v) is 2.51. The maximum atomic E-state index is 12.7. The van der Waals surface area contributed by atoms with Crippen molar-refractivity contribution in [3.63, 3.8) is 0 Å². The Bertz CT molecular complexity index is 510. The molecule has 1 saturated heterocycles. The average Bonchev–Trinajstić information content (AvgIpc) is 2.66. The molecule has 1 atom stereocenters. The molecule has 0 aromatic heterocycles. The lowest BCUT2D eigenvalue weighted by Gasteiger charge is -2.31. The standard InChI is InChI=1S/C15H18N2O2/c1-4-10-17-13(18)15(11(2)3,16-14(17)19)12-8-6-5-7-9-12/h4-9,11H,1,10H2,2-3H3,(H,16,19). The molecule has 1 heterocycles. The van der Waals surface area contributed by atoms with Gasteiger partial charge >= 0.3 is 6.03 Å². The number of rotatable bonds is 4. The number of carbonyl (C=O) groups excluding carboxylic acids is 2. The van der Waals surface area contributed by atoms with Crippen LogP contribution in [-0.2, 0) is 10.3 Å². The van der Waals surface area contributed by atoms with Crippen LogP contribution >= 0.6 is 0 Å². The molecular weight excluding hydrogens is 240 g/mol. The summed E-state index contributed by atoms with van der Waals surface area (Å²) in [5, 5.41) is 2.86. The van der Waals surface area contributed by atoms with E-state index in [2.05, 4.69) is 11.9 Å². The van der Waals surface area contributed by atoms with Crippen molar-refractivity contribution >= 4 is 11.9 Å². The van der Waals surface area contributed by atoms with E-state index in [4.69, 9.17) is 0 Å². The number of nitrogens with zero attached hydrogens (tertiary/aromatic N) is 1. The van der Waals surface area contributed by atoms with Crippen LogP contribution in [0.5, 0.6) is 0 Å². The second-order valence-electron chi connectivity index (χ2n) is 4.96. The summed E-state index contributed by atoms with van der Waals surface area (Å²) in [4.78, 5) is 25.9. The highest BCUT2D eigenvalue weighted by Crippen LogP contribution is 2.35. The van der Waals surface area contributed by atoms with Crippen molar-refractivity contribution < 1.29 is 9.59 Å². The second kappa shape index (κ2) is 4.88. The summed E-state index contributed by atoms with van der Waals surface area (Å²) in [6, 6.07) is 9.01. The first-order valence-electron chi connectivity index (χ1n) is 6.34. The Balaban J connectivity index is 2.51. The van der Waals surface area contributed by atoms with Crippen molar-refractivity contribution in [3.05, 3.63) is 48.6 Å². The number of hydrogen-bond donors (Lipinski definition) is 1. The molecule has 1 aliphatic heterocycles. The SMILES string of the molecule is C=CCN1C(=O)NC(c2ccccc2)(C(C)C)C1=O. The first kappa shape index (κ1) is 13.3. The molecule has 0 saturated carbocycles. The topological polar surface area (TPSA) is 49.4 Å². The minimum atomic E-state index is -0.971. The zero-order valence-electron chi connectivity index (χ0n) is 11.2. The molecular formula is C15H18N2O2. The van der Waals surface area contributed by atoms with Crippen LogP contribution in [0.3, 0.4) is 0 Å². The van der Waals surface area contributed by atoms with Crippen molar-refractivity contribution in [2.75, 3.05) is 6.54 Å². The van der Waals surface area contributed by atoms with Gasteiger partial charge in [0.25, 0.3) is 5.91 Å². The Labute approximate surface area is 113 Å². The van der Waals surface area contributed by atoms with Crippen LogP contribution in [0.15, 0.2) is 43.0 Å². The predicted octanol–water partition coefficient (Wildman–Crippen LogP) is 2.28. The molecule has 0 radical (unpaired) electrons. The van der Waals surface area contributed by atoms with E-state index in [0.717, 1.165) is 5.56 Å². The van der Waals surface area contributed by atoms with E-state index in [0.29, 0.717) is 0 Å². The van der Waals surface area contributed by atoms with Gasteiger partial charge in [0.2, 0.25) is 0 Å². The van der Waals surface area contributed by atoms with Gasteiger partial charge in [0, 0.05) is 6.54 Å². The Kier molecular flexibility index (Phi) is 3.42. The predicted molar refractivity (Wildman–Crippen MR) is 73.4 cm³/mol. The molecule has 1 unspecified atom stereocenters. The third-order valence-corrected chi connectivity index (χ3v) is 3.54. The molecule has 1 aliphatic rings. The van der Waals surface area contributed by atoms with E-state index >= 15 is 0 Å². The van der Waals surface area contributed by atoms with Gasteiger partial charge in [-0.2, -0.15) is 0 Å². The lowest BCUT2D eigenvalue weighted by atomic mass is 9.80. The smallest absolute Gasteiger partial charge is 0.319 e. The maximum absolute atomic E-state index is 12.7. The summed E-state index contributed by atoms with van der Waals surface area (Å²) in [7, 11) is 0. The summed E-state index contributed by atoms with van der Waals surface area (Å²) in [6.45, 7) is 7.68. The highest BCUT2D eigenvalue weighted by molar-refractivity contribution is 6.07. The summed E-state index contributed by atoms with van der Waals surface area (Å²) in [6.07, 6.45) is 1.55. The van der Waals surface area contributed by atoms with Crippen LogP contribution in [0, 0.1) is 5.92 Å². The van der Waals surface area contributed by atoms with Crippen molar-refractivity contribution in [2.45, 2.75) is 19.4 Å². The Hall–Kier alpha value is -2.10. The van der Waals surface area contributed by atoms with Gasteiger partial charge in [-0.3, -0.25) is 9.69 Å². The van der Waals surface area contributed by atoms with Gasteiger partial charge in [0.15, 0.2) is 0 Å². The molecule has 0 bridgehead atoms. The Morgan fingerprint density at radius 3 is 2.47 bits per heavy atom. The number of benzene rings is 1. The summed E-state index contributed by atoms with van der Waals surface area (Å²) in [5.74, 6) is -0.250. The van der Waals surface area contributed by atoms with Crippen LogP contribution in [0.2, 0.25) is 0 Å². The van der Waals surface area contributed by atoms with Gasteiger partial charge in [-0.15, -0.1) is 6.58 Å².